The maximum atomic E-state index is 12.7. The fourth-order valence-corrected chi connectivity index (χ4v) is 3.86. The summed E-state index contributed by atoms with van der Waals surface area (Å²) in [5.74, 6) is -1.34. The second-order valence-corrected chi connectivity index (χ2v) is 7.64. The molecule has 0 saturated carbocycles. The Morgan fingerprint density at radius 2 is 1.82 bits per heavy atom. The summed E-state index contributed by atoms with van der Waals surface area (Å²) < 4.78 is 15.3. The van der Waals surface area contributed by atoms with Crippen molar-refractivity contribution >= 4 is 41.1 Å². The number of thiophene rings is 1. The number of carbonyl (C=O) groups is 4. The monoisotopic (exact) mass is 473 g/mol. The molecule has 1 unspecified atom stereocenters. The van der Waals surface area contributed by atoms with Crippen LogP contribution in [0, 0.1) is 0 Å². The van der Waals surface area contributed by atoms with E-state index in [2.05, 4.69) is 16.0 Å². The Morgan fingerprint density at radius 1 is 1.03 bits per heavy atom. The molecular formula is C22H23N3O7S. The van der Waals surface area contributed by atoms with E-state index in [1.807, 2.05) is 5.38 Å². The van der Waals surface area contributed by atoms with Gasteiger partial charge in [0.2, 0.25) is 0 Å². The summed E-state index contributed by atoms with van der Waals surface area (Å²) in [5, 5.41) is 9.57. The number of rotatable bonds is 8. The number of ether oxygens (including phenoxy) is 3. The first-order valence-corrected chi connectivity index (χ1v) is 11.0. The van der Waals surface area contributed by atoms with Gasteiger partial charge in [-0.2, -0.15) is 0 Å². The number of hydrogen-bond acceptors (Lipinski definition) is 8. The van der Waals surface area contributed by atoms with Gasteiger partial charge in [-0.25, -0.2) is 19.2 Å². The van der Waals surface area contributed by atoms with Crippen molar-refractivity contribution in [3.05, 3.63) is 63.5 Å². The Labute approximate surface area is 193 Å². The third-order valence-corrected chi connectivity index (χ3v) is 5.38. The van der Waals surface area contributed by atoms with Crippen LogP contribution in [-0.2, 0) is 19.0 Å². The number of amides is 3. The van der Waals surface area contributed by atoms with Crippen LogP contribution in [0.25, 0.3) is 0 Å². The molecule has 0 fully saturated rings. The minimum atomic E-state index is -0.733. The number of benzene rings is 1. The summed E-state index contributed by atoms with van der Waals surface area (Å²) in [7, 11) is 0. The van der Waals surface area contributed by atoms with Crippen molar-refractivity contribution in [1.82, 2.24) is 10.6 Å². The predicted molar refractivity (Wildman–Crippen MR) is 120 cm³/mol. The molecule has 1 aromatic heterocycles. The van der Waals surface area contributed by atoms with E-state index in [9.17, 15) is 19.2 Å². The summed E-state index contributed by atoms with van der Waals surface area (Å²) in [6.45, 7) is 3.33. The Bertz CT molecular complexity index is 1070. The fourth-order valence-electron chi connectivity index (χ4n) is 3.08. The summed E-state index contributed by atoms with van der Waals surface area (Å²) in [6, 6.07) is 8.41. The zero-order valence-corrected chi connectivity index (χ0v) is 18.8. The third-order valence-electron chi connectivity index (χ3n) is 4.44. The van der Waals surface area contributed by atoms with Gasteiger partial charge in [-0.1, -0.05) is 12.1 Å². The van der Waals surface area contributed by atoms with E-state index < -0.39 is 30.1 Å². The molecule has 3 rings (SSSR count). The lowest BCUT2D eigenvalue weighted by Crippen LogP contribution is -2.46. The molecule has 1 aromatic carbocycles. The van der Waals surface area contributed by atoms with E-state index in [1.54, 1.807) is 38.1 Å². The van der Waals surface area contributed by atoms with Crippen LogP contribution in [0.2, 0.25) is 0 Å². The minimum absolute atomic E-state index is 0.129. The number of nitrogens with one attached hydrogen (secondary N) is 3. The van der Waals surface area contributed by atoms with Crippen LogP contribution in [0.15, 0.2) is 53.0 Å². The van der Waals surface area contributed by atoms with E-state index in [1.165, 1.54) is 23.5 Å². The highest BCUT2D eigenvalue weighted by molar-refractivity contribution is 7.10. The molecule has 0 radical (unpaired) electrons. The molecule has 0 aliphatic carbocycles. The second kappa shape index (κ2) is 11.1. The van der Waals surface area contributed by atoms with E-state index in [4.69, 9.17) is 14.2 Å². The molecule has 10 nitrogen and oxygen atoms in total. The van der Waals surface area contributed by atoms with Gasteiger partial charge < -0.3 is 24.8 Å². The van der Waals surface area contributed by atoms with Crippen LogP contribution < -0.4 is 16.0 Å². The number of anilines is 1. The molecule has 2 aromatic rings. The molecular weight excluding hydrogens is 450 g/mol. The SMILES string of the molecule is CCOC(=O)Nc1cccc(C(=O)OCC2=C(C(=O)OCC)C(c3cccs3)NC(=O)N2)c1. The van der Waals surface area contributed by atoms with Gasteiger partial charge in [-0.05, 0) is 43.5 Å². The van der Waals surface area contributed by atoms with Gasteiger partial charge in [-0.15, -0.1) is 11.3 Å². The van der Waals surface area contributed by atoms with Crippen LogP contribution in [0.3, 0.4) is 0 Å². The minimum Gasteiger partial charge on any atom is -0.463 e. The molecule has 3 N–H and O–H groups in total. The van der Waals surface area contributed by atoms with Gasteiger partial charge in [0.1, 0.15) is 6.61 Å². The molecule has 11 heteroatoms. The van der Waals surface area contributed by atoms with Gasteiger partial charge in [0.15, 0.2) is 0 Å². The zero-order chi connectivity index (χ0) is 23.8. The number of carbonyl (C=O) groups excluding carboxylic acids is 4. The Hall–Kier alpha value is -3.86. The average molecular weight is 474 g/mol. The molecule has 0 saturated heterocycles. The summed E-state index contributed by atoms with van der Waals surface area (Å²) >= 11 is 1.37. The van der Waals surface area contributed by atoms with E-state index >= 15 is 0 Å². The highest BCUT2D eigenvalue weighted by Gasteiger charge is 2.34. The summed E-state index contributed by atoms with van der Waals surface area (Å²) in [5.41, 5.74) is 0.800. The summed E-state index contributed by atoms with van der Waals surface area (Å²) in [6.07, 6.45) is -0.649. The highest BCUT2D eigenvalue weighted by Crippen LogP contribution is 2.30. The molecule has 1 atom stereocenters. The standard InChI is InChI=1S/C22H23N3O7S/c1-3-30-20(27)17-15(24-21(28)25-18(17)16-9-6-10-33-16)12-32-19(26)13-7-5-8-14(11-13)23-22(29)31-4-2/h5-11,18H,3-4,12H2,1-2H3,(H,23,29)(H2,24,25,28). The predicted octanol–water partition coefficient (Wildman–Crippen LogP) is 3.34. The fraction of sp³-hybridized carbons (Fsp3) is 0.273. The smallest absolute Gasteiger partial charge is 0.411 e. The van der Waals surface area contributed by atoms with Crippen molar-refractivity contribution in [2.24, 2.45) is 0 Å². The Kier molecular flexibility index (Phi) is 8.03. The largest absolute Gasteiger partial charge is 0.463 e. The quantitative estimate of drug-likeness (QED) is 0.396. The number of hydrogen-bond donors (Lipinski definition) is 3. The van der Waals surface area contributed by atoms with Gasteiger partial charge in [-0.3, -0.25) is 5.32 Å². The maximum absolute atomic E-state index is 12.7. The normalized spacial score (nSPS) is 15.2. The molecule has 3 amide bonds. The van der Waals surface area contributed by atoms with Crippen molar-refractivity contribution in [2.75, 3.05) is 25.1 Å². The van der Waals surface area contributed by atoms with Gasteiger partial charge in [0.05, 0.1) is 36.1 Å². The molecule has 1 aliphatic heterocycles. The van der Waals surface area contributed by atoms with Crippen LogP contribution in [-0.4, -0.2) is 43.9 Å². The van der Waals surface area contributed by atoms with E-state index in [0.717, 1.165) is 4.88 Å². The molecule has 174 valence electrons. The van der Waals surface area contributed by atoms with Gasteiger partial charge in [0, 0.05) is 10.6 Å². The maximum Gasteiger partial charge on any atom is 0.411 e. The Morgan fingerprint density at radius 3 is 2.52 bits per heavy atom. The first-order chi connectivity index (χ1) is 15.9. The molecule has 0 bridgehead atoms. The first-order valence-electron chi connectivity index (χ1n) is 10.1. The van der Waals surface area contributed by atoms with Crippen molar-refractivity contribution < 1.29 is 33.4 Å². The van der Waals surface area contributed by atoms with Crippen LogP contribution in [0.5, 0.6) is 0 Å². The zero-order valence-electron chi connectivity index (χ0n) is 18.0. The van der Waals surface area contributed by atoms with E-state index in [0.29, 0.717) is 5.69 Å². The lowest BCUT2D eigenvalue weighted by atomic mass is 10.0. The third kappa shape index (κ3) is 6.10. The molecule has 33 heavy (non-hydrogen) atoms. The first kappa shape index (κ1) is 23.8. The van der Waals surface area contributed by atoms with Crippen LogP contribution >= 0.6 is 11.3 Å². The van der Waals surface area contributed by atoms with E-state index in [-0.39, 0.29) is 36.7 Å². The van der Waals surface area contributed by atoms with Crippen molar-refractivity contribution in [3.63, 3.8) is 0 Å². The van der Waals surface area contributed by atoms with Crippen molar-refractivity contribution in [2.45, 2.75) is 19.9 Å². The highest BCUT2D eigenvalue weighted by atomic mass is 32.1. The van der Waals surface area contributed by atoms with Gasteiger partial charge >= 0.3 is 24.1 Å². The van der Waals surface area contributed by atoms with Crippen molar-refractivity contribution in [1.29, 1.82) is 0 Å². The summed E-state index contributed by atoms with van der Waals surface area (Å²) in [4.78, 5) is 49.8. The molecule has 1 aliphatic rings. The Balaban J connectivity index is 1.80. The lowest BCUT2D eigenvalue weighted by Gasteiger charge is -2.28. The lowest BCUT2D eigenvalue weighted by molar-refractivity contribution is -0.139. The van der Waals surface area contributed by atoms with Gasteiger partial charge in [0.25, 0.3) is 0 Å². The van der Waals surface area contributed by atoms with Crippen LogP contribution in [0.4, 0.5) is 15.3 Å². The number of esters is 2. The van der Waals surface area contributed by atoms with Crippen LogP contribution in [0.1, 0.15) is 35.1 Å². The second-order valence-electron chi connectivity index (χ2n) is 6.66. The average Bonchev–Trinajstić information content (AvgIpc) is 3.32. The molecule has 2 heterocycles. The topological polar surface area (TPSA) is 132 Å². The number of urea groups is 1. The van der Waals surface area contributed by atoms with Crippen molar-refractivity contribution in [3.8, 4) is 0 Å². The molecule has 0 spiro atoms.